The lowest BCUT2D eigenvalue weighted by molar-refractivity contribution is 0.0110. The van der Waals surface area contributed by atoms with Gasteiger partial charge in [0.1, 0.15) is 0 Å². The Labute approximate surface area is 189 Å². The molecule has 1 aliphatic heterocycles. The highest BCUT2D eigenvalue weighted by Gasteiger charge is 2.58. The van der Waals surface area contributed by atoms with E-state index in [2.05, 4.69) is 40.8 Å². The molecule has 0 unspecified atom stereocenters. The Bertz CT molecular complexity index is 934. The lowest BCUT2D eigenvalue weighted by atomic mass is 9.48. The van der Waals surface area contributed by atoms with Crippen molar-refractivity contribution in [1.82, 2.24) is 15.3 Å². The number of hydrogen-bond donors (Lipinski definition) is 3. The van der Waals surface area contributed by atoms with Gasteiger partial charge in [0.2, 0.25) is 0 Å². The molecule has 7 heteroatoms. The number of fused-ring (bicyclic) bond motifs is 7. The van der Waals surface area contributed by atoms with Gasteiger partial charge in [-0.25, -0.2) is 9.99 Å². The van der Waals surface area contributed by atoms with Crippen LogP contribution in [0.4, 0.5) is 5.13 Å². The normalized spacial score (nSPS) is 41.2. The predicted octanol–water partition coefficient (Wildman–Crippen LogP) is 4.39. The van der Waals surface area contributed by atoms with Crippen molar-refractivity contribution in [2.75, 3.05) is 31.6 Å². The molecule has 6 rings (SSSR count). The fraction of sp³-hybridized carbons (Fsp3) is 0.750. The van der Waals surface area contributed by atoms with E-state index in [4.69, 9.17) is 4.98 Å². The third-order valence-electron chi connectivity index (χ3n) is 9.52. The van der Waals surface area contributed by atoms with Gasteiger partial charge in [0.15, 0.2) is 5.13 Å². The zero-order chi connectivity index (χ0) is 21.2. The third-order valence-corrected chi connectivity index (χ3v) is 10.6. The second-order valence-corrected chi connectivity index (χ2v) is 11.8. The molecule has 168 valence electrons. The standard InChI is InChI=1S/C24H35N5OS/c1-23-10-8-19-21(31-22(26-19)27-29-13-11-25-12-14-29)18(23)4-3-15-16-5-6-20(28-30)24(16,2)9-7-17(15)23/h4,15-17,25,30H,3,5-14H2,1-2H3,(H,26,27)/b28-20+/t15-,16-,17-,23+,24-/m0/s1. The first-order valence-corrected chi connectivity index (χ1v) is 13.0. The summed E-state index contributed by atoms with van der Waals surface area (Å²) in [7, 11) is 0. The molecule has 31 heavy (non-hydrogen) atoms. The molecule has 1 aromatic rings. The van der Waals surface area contributed by atoms with E-state index in [1.165, 1.54) is 42.7 Å². The molecule has 0 spiro atoms. The van der Waals surface area contributed by atoms with Crippen LogP contribution in [-0.2, 0) is 6.42 Å². The number of thiazole rings is 1. The van der Waals surface area contributed by atoms with E-state index in [1.54, 1.807) is 5.57 Å². The molecular weight excluding hydrogens is 406 g/mol. The number of piperazine rings is 1. The number of nitrogens with zero attached hydrogens (tertiary/aromatic N) is 3. The summed E-state index contributed by atoms with van der Waals surface area (Å²) in [6, 6.07) is 0. The van der Waals surface area contributed by atoms with Crippen LogP contribution in [0.1, 0.15) is 62.9 Å². The summed E-state index contributed by atoms with van der Waals surface area (Å²) in [6.07, 6.45) is 10.7. The molecule has 5 atom stereocenters. The molecule has 0 bridgehead atoms. The molecule has 2 heterocycles. The van der Waals surface area contributed by atoms with Crippen LogP contribution in [0.3, 0.4) is 0 Å². The van der Waals surface area contributed by atoms with Crippen molar-refractivity contribution in [3.63, 3.8) is 0 Å². The van der Waals surface area contributed by atoms with Gasteiger partial charge in [-0.15, -0.1) is 0 Å². The Hall–Kier alpha value is -1.44. The lowest BCUT2D eigenvalue weighted by Gasteiger charge is -2.56. The SMILES string of the molecule is C[C@]12CCc3nc(NN4CCNCC4)sc3C1=CC[C@@H]1[C@@H]2CC[C@]2(C)/C(=N/O)CC[C@@H]12. The number of nitrogens with one attached hydrogen (secondary N) is 2. The Morgan fingerprint density at radius 1 is 1.16 bits per heavy atom. The number of anilines is 1. The number of aryl methyl sites for hydroxylation is 1. The first-order valence-electron chi connectivity index (χ1n) is 12.2. The highest BCUT2D eigenvalue weighted by Crippen LogP contribution is 2.65. The first kappa shape index (κ1) is 20.2. The average molecular weight is 442 g/mol. The molecule has 6 nitrogen and oxygen atoms in total. The van der Waals surface area contributed by atoms with Gasteiger partial charge in [-0.1, -0.05) is 36.4 Å². The molecule has 4 aliphatic carbocycles. The van der Waals surface area contributed by atoms with Gasteiger partial charge in [0.05, 0.1) is 16.3 Å². The molecule has 0 aromatic carbocycles. The molecule has 5 aliphatic rings. The Balaban J connectivity index is 1.30. The number of rotatable bonds is 2. The van der Waals surface area contributed by atoms with E-state index >= 15 is 0 Å². The number of hydrogen-bond acceptors (Lipinski definition) is 7. The van der Waals surface area contributed by atoms with E-state index in [9.17, 15) is 5.21 Å². The van der Waals surface area contributed by atoms with E-state index in [1.807, 2.05) is 11.3 Å². The van der Waals surface area contributed by atoms with Crippen LogP contribution in [-0.4, -0.2) is 47.1 Å². The van der Waals surface area contributed by atoms with Crippen LogP contribution in [0.5, 0.6) is 0 Å². The van der Waals surface area contributed by atoms with Gasteiger partial charge in [-0.05, 0) is 73.7 Å². The maximum atomic E-state index is 9.59. The van der Waals surface area contributed by atoms with Crippen LogP contribution in [0.2, 0.25) is 0 Å². The molecular formula is C24H35N5OS. The van der Waals surface area contributed by atoms with Crippen molar-refractivity contribution in [3.8, 4) is 0 Å². The molecule has 2 saturated carbocycles. The van der Waals surface area contributed by atoms with Gasteiger partial charge in [-0.2, -0.15) is 0 Å². The molecule has 0 radical (unpaired) electrons. The van der Waals surface area contributed by atoms with Crippen molar-refractivity contribution < 1.29 is 5.21 Å². The van der Waals surface area contributed by atoms with Crippen LogP contribution in [0.25, 0.3) is 5.57 Å². The molecule has 3 N–H and O–H groups in total. The fourth-order valence-corrected chi connectivity index (χ4v) is 9.00. The molecule has 1 saturated heterocycles. The fourth-order valence-electron chi connectivity index (χ4n) is 7.79. The zero-order valence-electron chi connectivity index (χ0n) is 18.8. The first-order chi connectivity index (χ1) is 15.0. The minimum absolute atomic E-state index is 0.113. The second-order valence-electron chi connectivity index (χ2n) is 10.8. The van der Waals surface area contributed by atoms with E-state index in [-0.39, 0.29) is 10.8 Å². The zero-order valence-corrected chi connectivity index (χ0v) is 19.6. The maximum absolute atomic E-state index is 9.59. The Kier molecular flexibility index (Phi) is 4.75. The summed E-state index contributed by atoms with van der Waals surface area (Å²) in [5, 5.41) is 20.1. The highest BCUT2D eigenvalue weighted by molar-refractivity contribution is 7.16. The smallest absolute Gasteiger partial charge is 0.198 e. The molecule has 0 amide bonds. The van der Waals surface area contributed by atoms with Crippen LogP contribution in [0.15, 0.2) is 11.2 Å². The quantitative estimate of drug-likeness (QED) is 0.469. The van der Waals surface area contributed by atoms with Gasteiger partial charge >= 0.3 is 0 Å². The largest absolute Gasteiger partial charge is 0.411 e. The summed E-state index contributed by atoms with van der Waals surface area (Å²) in [5.41, 5.74) is 7.91. The van der Waals surface area contributed by atoms with Gasteiger partial charge < -0.3 is 10.5 Å². The Morgan fingerprint density at radius 2 is 1.97 bits per heavy atom. The maximum Gasteiger partial charge on any atom is 0.198 e. The highest BCUT2D eigenvalue weighted by atomic mass is 32.1. The average Bonchev–Trinajstić information content (AvgIpc) is 3.33. The van der Waals surface area contributed by atoms with Crippen LogP contribution in [0, 0.1) is 28.6 Å². The summed E-state index contributed by atoms with van der Waals surface area (Å²) in [6.45, 7) is 9.02. The van der Waals surface area contributed by atoms with E-state index in [0.717, 1.165) is 61.7 Å². The number of allylic oxidation sites excluding steroid dienone is 2. The van der Waals surface area contributed by atoms with Crippen molar-refractivity contribution in [2.24, 2.45) is 33.7 Å². The third kappa shape index (κ3) is 2.96. The van der Waals surface area contributed by atoms with Gasteiger partial charge in [0.25, 0.3) is 0 Å². The minimum atomic E-state index is 0.113. The van der Waals surface area contributed by atoms with Crippen LogP contribution < -0.4 is 10.7 Å². The summed E-state index contributed by atoms with van der Waals surface area (Å²) < 4.78 is 0. The lowest BCUT2D eigenvalue weighted by Crippen LogP contribution is -2.49. The van der Waals surface area contributed by atoms with Crippen LogP contribution >= 0.6 is 11.3 Å². The predicted molar refractivity (Wildman–Crippen MR) is 125 cm³/mol. The molecule has 1 aromatic heterocycles. The second kappa shape index (κ2) is 7.29. The van der Waals surface area contributed by atoms with Crippen molar-refractivity contribution in [3.05, 3.63) is 16.6 Å². The Morgan fingerprint density at radius 3 is 2.77 bits per heavy atom. The topological polar surface area (TPSA) is 72.8 Å². The number of hydrazine groups is 1. The van der Waals surface area contributed by atoms with Crippen molar-refractivity contribution in [2.45, 2.75) is 58.8 Å². The summed E-state index contributed by atoms with van der Waals surface area (Å²) in [5.74, 6) is 2.13. The number of aromatic nitrogens is 1. The number of oxime groups is 1. The van der Waals surface area contributed by atoms with Crippen molar-refractivity contribution >= 4 is 27.8 Å². The van der Waals surface area contributed by atoms with Gasteiger partial charge in [-0.3, -0.25) is 5.43 Å². The summed E-state index contributed by atoms with van der Waals surface area (Å²) in [4.78, 5) is 6.46. The molecule has 3 fully saturated rings. The van der Waals surface area contributed by atoms with E-state index < -0.39 is 0 Å². The minimum Gasteiger partial charge on any atom is -0.411 e. The van der Waals surface area contributed by atoms with E-state index in [0.29, 0.717) is 5.92 Å². The monoisotopic (exact) mass is 441 g/mol. The van der Waals surface area contributed by atoms with Crippen molar-refractivity contribution in [1.29, 1.82) is 0 Å². The summed E-state index contributed by atoms with van der Waals surface area (Å²) >= 11 is 1.87. The van der Waals surface area contributed by atoms with Gasteiger partial charge in [0, 0.05) is 31.6 Å².